The minimum absolute atomic E-state index is 0.304. The van der Waals surface area contributed by atoms with Gasteiger partial charge in [0, 0.05) is 5.69 Å². The Balaban J connectivity index is 1.53. The second-order valence-electron chi connectivity index (χ2n) is 7.10. The number of methoxy groups -OCH3 is 1. The lowest BCUT2D eigenvalue weighted by molar-refractivity contribution is -0.159. The predicted octanol–water partition coefficient (Wildman–Crippen LogP) is 1.74. The van der Waals surface area contributed by atoms with Crippen LogP contribution in [0, 0.1) is 11.8 Å². The van der Waals surface area contributed by atoms with E-state index < -0.39 is 24.5 Å². The van der Waals surface area contributed by atoms with Gasteiger partial charge >= 0.3 is 5.97 Å². The lowest BCUT2D eigenvalue weighted by atomic mass is 9.81. The number of likely N-dealkylation sites (tertiary alicyclic amines) is 1. The molecule has 3 amide bonds. The molecule has 28 heavy (non-hydrogen) atoms. The zero-order chi connectivity index (χ0) is 20.3. The molecule has 1 aliphatic heterocycles. The maximum absolute atomic E-state index is 12.5. The molecular weight excluding hydrogens is 364 g/mol. The molecule has 2 fully saturated rings. The zero-order valence-corrected chi connectivity index (χ0v) is 16.0. The van der Waals surface area contributed by atoms with Crippen molar-refractivity contribution in [2.24, 2.45) is 11.8 Å². The third-order valence-corrected chi connectivity index (χ3v) is 5.32. The minimum Gasteiger partial charge on any atom is -0.497 e. The van der Waals surface area contributed by atoms with Crippen LogP contribution in [0.25, 0.3) is 0 Å². The molecule has 0 bridgehead atoms. The van der Waals surface area contributed by atoms with Gasteiger partial charge in [-0.2, -0.15) is 0 Å². The first-order chi connectivity index (χ1) is 13.4. The van der Waals surface area contributed by atoms with Crippen molar-refractivity contribution in [1.82, 2.24) is 4.90 Å². The normalized spacial score (nSPS) is 22.4. The molecule has 1 aliphatic carbocycles. The van der Waals surface area contributed by atoms with Crippen molar-refractivity contribution in [3.63, 3.8) is 0 Å². The van der Waals surface area contributed by atoms with E-state index in [9.17, 15) is 19.2 Å². The van der Waals surface area contributed by atoms with E-state index in [1.54, 1.807) is 31.4 Å². The number of nitrogens with one attached hydrogen (secondary N) is 1. The second-order valence-corrected chi connectivity index (χ2v) is 7.10. The summed E-state index contributed by atoms with van der Waals surface area (Å²) in [6.07, 6.45) is 3.19. The number of anilines is 1. The number of carbonyl (C=O) groups excluding carboxylic acids is 4. The van der Waals surface area contributed by atoms with E-state index in [4.69, 9.17) is 9.47 Å². The summed E-state index contributed by atoms with van der Waals surface area (Å²) in [6.45, 7) is 0.953. The molecule has 1 saturated heterocycles. The summed E-state index contributed by atoms with van der Waals surface area (Å²) in [5, 5.41) is 2.60. The van der Waals surface area contributed by atoms with E-state index in [1.807, 2.05) is 0 Å². The lowest BCUT2D eigenvalue weighted by Gasteiger charge is -2.21. The SMILES string of the molecule is COc1ccc(NC(=O)COC(=O)[C@H](C)N2C(=O)[C@H]3CCCC[C@@H]3C2=O)cc1. The molecule has 8 nitrogen and oxygen atoms in total. The Morgan fingerprint density at radius 1 is 1.11 bits per heavy atom. The molecule has 3 rings (SSSR count). The van der Waals surface area contributed by atoms with E-state index in [0.29, 0.717) is 24.3 Å². The van der Waals surface area contributed by atoms with Crippen LogP contribution in [0.2, 0.25) is 0 Å². The zero-order valence-electron chi connectivity index (χ0n) is 16.0. The van der Waals surface area contributed by atoms with E-state index in [0.717, 1.165) is 17.7 Å². The highest BCUT2D eigenvalue weighted by Gasteiger charge is 2.51. The lowest BCUT2D eigenvalue weighted by Crippen LogP contribution is -2.45. The fourth-order valence-electron chi connectivity index (χ4n) is 3.80. The first kappa shape index (κ1) is 19.9. The van der Waals surface area contributed by atoms with E-state index in [2.05, 4.69) is 5.32 Å². The van der Waals surface area contributed by atoms with Crippen molar-refractivity contribution in [3.05, 3.63) is 24.3 Å². The van der Waals surface area contributed by atoms with Crippen molar-refractivity contribution in [2.45, 2.75) is 38.6 Å². The summed E-state index contributed by atoms with van der Waals surface area (Å²) in [7, 11) is 1.54. The summed E-state index contributed by atoms with van der Waals surface area (Å²) in [6, 6.07) is 5.65. The molecular formula is C20H24N2O6. The number of hydrogen-bond donors (Lipinski definition) is 1. The Hall–Kier alpha value is -2.90. The Kier molecular flexibility index (Phi) is 5.96. The molecule has 1 aromatic carbocycles. The highest BCUT2D eigenvalue weighted by atomic mass is 16.5. The standard InChI is InChI=1S/C20H24N2O6/c1-12(22-18(24)15-5-3-4-6-16(15)19(22)25)20(26)28-11-17(23)21-13-7-9-14(27-2)10-8-13/h7-10,12,15-16H,3-6,11H2,1-2H3,(H,21,23)/t12-,15-,16-/m0/s1. The van der Waals surface area contributed by atoms with Crippen LogP contribution in [-0.4, -0.2) is 48.3 Å². The summed E-state index contributed by atoms with van der Waals surface area (Å²) in [5.74, 6) is -1.89. The first-order valence-electron chi connectivity index (χ1n) is 9.40. The van der Waals surface area contributed by atoms with Gasteiger partial charge in [-0.05, 0) is 44.0 Å². The maximum atomic E-state index is 12.5. The van der Waals surface area contributed by atoms with Crippen LogP contribution in [0.1, 0.15) is 32.6 Å². The van der Waals surface area contributed by atoms with Crippen LogP contribution < -0.4 is 10.1 Å². The predicted molar refractivity (Wildman–Crippen MR) is 99.3 cm³/mol. The summed E-state index contributed by atoms with van der Waals surface area (Å²) in [5.41, 5.74) is 0.531. The number of hydrogen-bond acceptors (Lipinski definition) is 6. The Morgan fingerprint density at radius 3 is 2.21 bits per heavy atom. The average Bonchev–Trinajstić information content (AvgIpc) is 2.97. The number of nitrogens with zero attached hydrogens (tertiary/aromatic N) is 1. The van der Waals surface area contributed by atoms with E-state index in [-0.39, 0.29) is 23.7 Å². The molecule has 2 aliphatic rings. The van der Waals surface area contributed by atoms with Gasteiger partial charge in [-0.25, -0.2) is 4.79 Å². The third kappa shape index (κ3) is 4.00. The highest BCUT2D eigenvalue weighted by molar-refractivity contribution is 6.08. The molecule has 150 valence electrons. The van der Waals surface area contributed by atoms with Crippen LogP contribution >= 0.6 is 0 Å². The van der Waals surface area contributed by atoms with E-state index >= 15 is 0 Å². The maximum Gasteiger partial charge on any atom is 0.329 e. The summed E-state index contributed by atoms with van der Waals surface area (Å²) < 4.78 is 10.1. The van der Waals surface area contributed by atoms with Crippen molar-refractivity contribution in [2.75, 3.05) is 19.0 Å². The van der Waals surface area contributed by atoms with Gasteiger partial charge in [0.15, 0.2) is 6.61 Å². The van der Waals surface area contributed by atoms with Gasteiger partial charge in [0.2, 0.25) is 11.8 Å². The van der Waals surface area contributed by atoms with Crippen LogP contribution in [0.15, 0.2) is 24.3 Å². The van der Waals surface area contributed by atoms with Crippen molar-refractivity contribution >= 4 is 29.4 Å². The summed E-state index contributed by atoms with van der Waals surface area (Å²) >= 11 is 0. The van der Waals surface area contributed by atoms with Gasteiger partial charge in [0.25, 0.3) is 5.91 Å². The van der Waals surface area contributed by atoms with Gasteiger partial charge in [-0.15, -0.1) is 0 Å². The monoisotopic (exact) mass is 388 g/mol. The fraction of sp³-hybridized carbons (Fsp3) is 0.500. The Labute approximate surface area is 163 Å². The third-order valence-electron chi connectivity index (χ3n) is 5.32. The summed E-state index contributed by atoms with van der Waals surface area (Å²) in [4.78, 5) is 50.4. The van der Waals surface area contributed by atoms with Gasteiger partial charge in [-0.1, -0.05) is 12.8 Å². The molecule has 8 heteroatoms. The quantitative estimate of drug-likeness (QED) is 0.588. The van der Waals surface area contributed by atoms with E-state index in [1.165, 1.54) is 6.92 Å². The van der Waals surface area contributed by atoms with Gasteiger partial charge in [-0.3, -0.25) is 19.3 Å². The Morgan fingerprint density at radius 2 is 1.68 bits per heavy atom. The number of imide groups is 1. The molecule has 1 N–H and O–H groups in total. The topological polar surface area (TPSA) is 102 Å². The number of carbonyl (C=O) groups is 4. The van der Waals surface area contributed by atoms with Gasteiger partial charge < -0.3 is 14.8 Å². The number of ether oxygens (including phenoxy) is 2. The minimum atomic E-state index is -1.04. The molecule has 0 radical (unpaired) electrons. The van der Waals surface area contributed by atoms with Crippen molar-refractivity contribution < 1.29 is 28.7 Å². The smallest absolute Gasteiger partial charge is 0.329 e. The first-order valence-corrected chi connectivity index (χ1v) is 9.40. The molecule has 0 aromatic heterocycles. The molecule has 3 atom stereocenters. The highest BCUT2D eigenvalue weighted by Crippen LogP contribution is 2.38. The van der Waals surface area contributed by atoms with Gasteiger partial charge in [0.05, 0.1) is 18.9 Å². The number of benzene rings is 1. The largest absolute Gasteiger partial charge is 0.497 e. The number of esters is 1. The van der Waals surface area contributed by atoms with Crippen molar-refractivity contribution in [3.8, 4) is 5.75 Å². The van der Waals surface area contributed by atoms with Crippen molar-refractivity contribution in [1.29, 1.82) is 0 Å². The number of amides is 3. The number of fused-ring (bicyclic) bond motifs is 1. The average molecular weight is 388 g/mol. The molecule has 1 saturated carbocycles. The molecule has 0 spiro atoms. The Bertz CT molecular complexity index is 751. The fourth-order valence-corrected chi connectivity index (χ4v) is 3.80. The van der Waals surface area contributed by atoms with Crippen LogP contribution in [0.3, 0.4) is 0 Å². The second kappa shape index (κ2) is 8.41. The van der Waals surface area contributed by atoms with Crippen LogP contribution in [0.4, 0.5) is 5.69 Å². The van der Waals surface area contributed by atoms with Crippen LogP contribution in [0.5, 0.6) is 5.75 Å². The molecule has 0 unspecified atom stereocenters. The molecule has 1 aromatic rings. The van der Waals surface area contributed by atoms with Crippen LogP contribution in [-0.2, 0) is 23.9 Å². The molecule has 1 heterocycles. The number of rotatable bonds is 6. The van der Waals surface area contributed by atoms with Gasteiger partial charge in [0.1, 0.15) is 11.8 Å².